The van der Waals surface area contributed by atoms with E-state index in [9.17, 15) is 0 Å². The summed E-state index contributed by atoms with van der Waals surface area (Å²) in [6, 6.07) is 7.83. The number of azo groups is 1. The van der Waals surface area contributed by atoms with Gasteiger partial charge in [0.2, 0.25) is 0 Å². The number of nitrogens with zero attached hydrogens (tertiary/aromatic N) is 3. The summed E-state index contributed by atoms with van der Waals surface area (Å²) in [5.74, 6) is 0. The van der Waals surface area contributed by atoms with Crippen LogP contribution in [-0.2, 0) is 0 Å². The van der Waals surface area contributed by atoms with Gasteiger partial charge in [0.15, 0.2) is 0 Å². The van der Waals surface area contributed by atoms with E-state index in [1.807, 2.05) is 24.3 Å². The molecule has 1 aromatic rings. The maximum Gasteiger partial charge on any atom is 0.0857 e. The Morgan fingerprint density at radius 3 is 2.62 bits per heavy atom. The van der Waals surface area contributed by atoms with Crippen LogP contribution in [-0.4, -0.2) is 18.5 Å². The highest BCUT2D eigenvalue weighted by molar-refractivity contribution is 9.10. The van der Waals surface area contributed by atoms with Crippen LogP contribution in [0.2, 0.25) is 0 Å². The lowest BCUT2D eigenvalue weighted by Gasteiger charge is -2.19. The molecular formula is C12H14BrN3. The van der Waals surface area contributed by atoms with Gasteiger partial charge in [0.1, 0.15) is 0 Å². The second-order valence-corrected chi connectivity index (χ2v) is 4.80. The van der Waals surface area contributed by atoms with Crippen LogP contribution in [0.3, 0.4) is 0 Å². The molecule has 1 aromatic carbocycles. The van der Waals surface area contributed by atoms with Gasteiger partial charge in [-0.2, -0.15) is 10.2 Å². The summed E-state index contributed by atoms with van der Waals surface area (Å²) in [5.41, 5.74) is 1.94. The molecule has 0 bridgehead atoms. The van der Waals surface area contributed by atoms with Crippen molar-refractivity contribution in [2.24, 2.45) is 10.2 Å². The number of rotatable bonds is 2. The molecule has 4 heteroatoms. The van der Waals surface area contributed by atoms with Crippen molar-refractivity contribution in [3.8, 4) is 0 Å². The maximum atomic E-state index is 4.26. The van der Waals surface area contributed by atoms with Crippen LogP contribution in [0.25, 0.3) is 0 Å². The summed E-state index contributed by atoms with van der Waals surface area (Å²) in [5, 5.41) is 8.48. The minimum Gasteiger partial charge on any atom is -0.379 e. The molecule has 1 heterocycles. The first-order valence-electron chi connectivity index (χ1n) is 5.32. The van der Waals surface area contributed by atoms with Crippen molar-refractivity contribution in [3.63, 3.8) is 0 Å². The fourth-order valence-corrected chi connectivity index (χ4v) is 1.86. The van der Waals surface area contributed by atoms with Gasteiger partial charge in [-0.3, -0.25) is 0 Å². The van der Waals surface area contributed by atoms with Gasteiger partial charge in [-0.25, -0.2) is 0 Å². The molecule has 0 radical (unpaired) electrons. The molecule has 0 atom stereocenters. The van der Waals surface area contributed by atoms with Crippen molar-refractivity contribution in [2.45, 2.75) is 12.8 Å². The third-order valence-electron chi connectivity index (χ3n) is 2.43. The third kappa shape index (κ3) is 3.17. The van der Waals surface area contributed by atoms with Gasteiger partial charge in [-0.1, -0.05) is 15.9 Å². The molecular weight excluding hydrogens is 266 g/mol. The molecule has 1 aliphatic heterocycles. The highest BCUT2D eigenvalue weighted by Gasteiger charge is 2.05. The van der Waals surface area contributed by atoms with Crippen molar-refractivity contribution in [1.82, 2.24) is 4.90 Å². The van der Waals surface area contributed by atoms with Gasteiger partial charge in [-0.05, 0) is 37.1 Å². The Morgan fingerprint density at radius 1 is 1.19 bits per heavy atom. The van der Waals surface area contributed by atoms with Crippen LogP contribution < -0.4 is 0 Å². The van der Waals surface area contributed by atoms with Crippen LogP contribution >= 0.6 is 15.9 Å². The number of hydrogen-bond donors (Lipinski definition) is 0. The van der Waals surface area contributed by atoms with Crippen LogP contribution in [0.15, 0.2) is 50.9 Å². The molecule has 0 spiro atoms. The molecule has 0 saturated heterocycles. The Hall–Kier alpha value is -1.16. The average molecular weight is 280 g/mol. The van der Waals surface area contributed by atoms with Gasteiger partial charge >= 0.3 is 0 Å². The van der Waals surface area contributed by atoms with E-state index in [1.54, 1.807) is 0 Å². The average Bonchev–Trinajstić information content (AvgIpc) is 2.28. The zero-order valence-corrected chi connectivity index (χ0v) is 10.8. The minimum absolute atomic E-state index is 0.886. The third-order valence-corrected chi connectivity index (χ3v) is 2.96. The monoisotopic (exact) mass is 279 g/mol. The summed E-state index contributed by atoms with van der Waals surface area (Å²) in [7, 11) is 2.06. The summed E-state index contributed by atoms with van der Waals surface area (Å²) < 4.78 is 1.06. The zero-order valence-electron chi connectivity index (χ0n) is 9.23. The number of allylic oxidation sites excluding steroid dienone is 1. The molecule has 16 heavy (non-hydrogen) atoms. The molecule has 0 saturated carbocycles. The molecule has 1 aliphatic rings. The fraction of sp³-hybridized carbons (Fsp3) is 0.333. The zero-order chi connectivity index (χ0) is 11.4. The van der Waals surface area contributed by atoms with Gasteiger partial charge in [0.25, 0.3) is 0 Å². The highest BCUT2D eigenvalue weighted by Crippen LogP contribution is 2.20. The minimum atomic E-state index is 0.886. The van der Waals surface area contributed by atoms with E-state index in [2.05, 4.69) is 44.3 Å². The maximum absolute atomic E-state index is 4.26. The summed E-state index contributed by atoms with van der Waals surface area (Å²) in [4.78, 5) is 2.15. The Labute approximate surface area is 104 Å². The summed E-state index contributed by atoms with van der Waals surface area (Å²) >= 11 is 3.39. The van der Waals surface area contributed by atoms with E-state index in [-0.39, 0.29) is 0 Å². The first-order chi connectivity index (χ1) is 7.74. The van der Waals surface area contributed by atoms with Gasteiger partial charge < -0.3 is 4.90 Å². The molecule has 0 amide bonds. The first-order valence-corrected chi connectivity index (χ1v) is 6.11. The SMILES string of the molecule is CN1C=C(N=Nc2ccc(Br)cc2)CCC1. The number of benzene rings is 1. The van der Waals surface area contributed by atoms with Crippen molar-refractivity contribution in [3.05, 3.63) is 40.6 Å². The van der Waals surface area contributed by atoms with Crippen molar-refractivity contribution >= 4 is 21.6 Å². The smallest absolute Gasteiger partial charge is 0.0857 e. The molecule has 0 unspecified atom stereocenters. The Morgan fingerprint density at radius 2 is 1.94 bits per heavy atom. The van der Waals surface area contributed by atoms with Crippen molar-refractivity contribution < 1.29 is 0 Å². The lowest BCUT2D eigenvalue weighted by molar-refractivity contribution is 0.414. The Bertz CT molecular complexity index is 409. The van der Waals surface area contributed by atoms with Gasteiger partial charge in [-0.15, -0.1) is 0 Å². The van der Waals surface area contributed by atoms with Crippen LogP contribution in [0.4, 0.5) is 5.69 Å². The quantitative estimate of drug-likeness (QED) is 0.749. The standard InChI is InChI=1S/C12H14BrN3/c1-16-8-2-3-12(9-16)15-14-11-6-4-10(13)5-7-11/h4-7,9H,2-3,8H2,1H3. The Kier molecular flexibility index (Phi) is 3.72. The van der Waals surface area contributed by atoms with Crippen LogP contribution in [0.1, 0.15) is 12.8 Å². The number of hydrogen-bond acceptors (Lipinski definition) is 3. The molecule has 0 aliphatic carbocycles. The topological polar surface area (TPSA) is 28.0 Å². The Balaban J connectivity index is 2.06. The van der Waals surface area contributed by atoms with Crippen LogP contribution in [0.5, 0.6) is 0 Å². The second-order valence-electron chi connectivity index (χ2n) is 3.88. The van der Waals surface area contributed by atoms with Crippen LogP contribution in [0, 0.1) is 0 Å². The van der Waals surface area contributed by atoms with E-state index < -0.39 is 0 Å². The fourth-order valence-electron chi connectivity index (χ4n) is 1.60. The molecule has 84 valence electrons. The summed E-state index contributed by atoms with van der Waals surface area (Å²) in [6.07, 6.45) is 4.23. The summed E-state index contributed by atoms with van der Waals surface area (Å²) in [6.45, 7) is 1.11. The molecule has 0 aromatic heterocycles. The normalized spacial score (nSPS) is 16.6. The van der Waals surface area contributed by atoms with E-state index in [0.29, 0.717) is 0 Å². The van der Waals surface area contributed by atoms with E-state index in [0.717, 1.165) is 35.2 Å². The lowest BCUT2D eigenvalue weighted by atomic mass is 10.2. The molecule has 0 N–H and O–H groups in total. The predicted molar refractivity (Wildman–Crippen MR) is 68.6 cm³/mol. The molecule has 3 nitrogen and oxygen atoms in total. The second kappa shape index (κ2) is 5.25. The highest BCUT2D eigenvalue weighted by atomic mass is 79.9. The van der Waals surface area contributed by atoms with Crippen molar-refractivity contribution in [2.75, 3.05) is 13.6 Å². The van der Waals surface area contributed by atoms with Crippen molar-refractivity contribution in [1.29, 1.82) is 0 Å². The van der Waals surface area contributed by atoms with E-state index in [4.69, 9.17) is 0 Å². The van der Waals surface area contributed by atoms with Gasteiger partial charge in [0.05, 0.1) is 11.4 Å². The molecule has 0 fully saturated rings. The number of halogens is 1. The first kappa shape index (κ1) is 11.3. The van der Waals surface area contributed by atoms with Gasteiger partial charge in [0, 0.05) is 24.3 Å². The van der Waals surface area contributed by atoms with E-state index in [1.165, 1.54) is 0 Å². The predicted octanol–water partition coefficient (Wildman–Crippen LogP) is 4.10. The molecule has 2 rings (SSSR count). The lowest BCUT2D eigenvalue weighted by Crippen LogP contribution is -2.16. The largest absolute Gasteiger partial charge is 0.379 e. The van der Waals surface area contributed by atoms with E-state index >= 15 is 0 Å².